The highest BCUT2D eigenvalue weighted by molar-refractivity contribution is 8.00. The number of methoxy groups -OCH3 is 1. The van der Waals surface area contributed by atoms with Gasteiger partial charge in [0.2, 0.25) is 5.95 Å². The van der Waals surface area contributed by atoms with E-state index in [1.54, 1.807) is 55.6 Å². The van der Waals surface area contributed by atoms with Gasteiger partial charge in [0.25, 0.3) is 11.5 Å². The largest absolute Gasteiger partial charge is 0.508 e. The van der Waals surface area contributed by atoms with E-state index in [-0.39, 0.29) is 34.6 Å². The van der Waals surface area contributed by atoms with Crippen molar-refractivity contribution in [3.05, 3.63) is 70.0 Å². The van der Waals surface area contributed by atoms with E-state index in [0.29, 0.717) is 16.9 Å². The van der Waals surface area contributed by atoms with Crippen molar-refractivity contribution in [2.75, 3.05) is 18.3 Å². The Bertz CT molecular complexity index is 1280. The third-order valence-electron chi connectivity index (χ3n) is 5.06. The van der Waals surface area contributed by atoms with Crippen molar-refractivity contribution < 1.29 is 14.6 Å². The first-order valence-electron chi connectivity index (χ1n) is 9.58. The summed E-state index contributed by atoms with van der Waals surface area (Å²) in [4.78, 5) is 30.0. The number of aromatic nitrogens is 2. The van der Waals surface area contributed by atoms with Crippen molar-refractivity contribution in [2.24, 2.45) is 7.05 Å². The zero-order valence-corrected chi connectivity index (χ0v) is 18.1. The normalized spacial score (nSPS) is 15.5. The number of phenolic OH excluding ortho intramolecular Hbond substituents is 1. The highest BCUT2D eigenvalue weighted by Crippen LogP contribution is 2.41. The van der Waals surface area contributed by atoms with Gasteiger partial charge in [-0.15, -0.1) is 11.8 Å². The number of aromatic hydroxyl groups is 1. The van der Waals surface area contributed by atoms with Crippen LogP contribution in [0.15, 0.2) is 53.3 Å². The predicted octanol–water partition coefficient (Wildman–Crippen LogP) is 2.63. The molecule has 3 aromatic rings. The van der Waals surface area contributed by atoms with Gasteiger partial charge in [-0.2, -0.15) is 5.26 Å². The number of ether oxygens (including phenoxy) is 1. The van der Waals surface area contributed by atoms with Crippen molar-refractivity contribution in [1.82, 2.24) is 14.6 Å². The molecule has 2 heterocycles. The number of benzene rings is 2. The number of hydrogen-bond acceptors (Lipinski definition) is 8. The highest BCUT2D eigenvalue weighted by Gasteiger charge is 2.35. The van der Waals surface area contributed by atoms with Gasteiger partial charge in [0.05, 0.1) is 18.6 Å². The zero-order chi connectivity index (χ0) is 22.8. The van der Waals surface area contributed by atoms with Gasteiger partial charge in [0.1, 0.15) is 28.5 Å². The average Bonchev–Trinajstić information content (AvgIpc) is 3.17. The van der Waals surface area contributed by atoms with E-state index in [9.17, 15) is 20.0 Å². The topological polar surface area (TPSA) is 120 Å². The molecule has 0 saturated carbocycles. The van der Waals surface area contributed by atoms with E-state index < -0.39 is 10.9 Å². The van der Waals surface area contributed by atoms with Crippen molar-refractivity contribution in [3.8, 4) is 28.8 Å². The molecule has 2 N–H and O–H groups in total. The van der Waals surface area contributed by atoms with Crippen LogP contribution < -0.4 is 15.7 Å². The average molecular weight is 449 g/mol. The number of hydrazine groups is 1. The standard InChI is InChI=1S/C22H19N5O4S/c1-26-20(30)16(11-23)19(13-7-9-14(31-2)10-8-13)24-22(26)25-27-18(29)12-32-21(27)15-5-3-4-6-17(15)28/h3-10,21,28H,12H2,1-2H3,(H,24,25). The van der Waals surface area contributed by atoms with Crippen LogP contribution in [0.4, 0.5) is 5.95 Å². The molecule has 1 fully saturated rings. The van der Waals surface area contributed by atoms with E-state index in [2.05, 4.69) is 10.4 Å². The molecule has 0 aliphatic carbocycles. The Morgan fingerprint density at radius 2 is 1.94 bits per heavy atom. The fraction of sp³-hybridized carbons (Fsp3) is 0.182. The molecule has 10 heteroatoms. The third kappa shape index (κ3) is 3.74. The third-order valence-corrected chi connectivity index (χ3v) is 6.25. The van der Waals surface area contributed by atoms with Crippen LogP contribution in [0.5, 0.6) is 11.5 Å². The zero-order valence-electron chi connectivity index (χ0n) is 17.3. The van der Waals surface area contributed by atoms with Crippen LogP contribution in [0.1, 0.15) is 16.5 Å². The number of para-hydroxylation sites is 1. The molecule has 4 rings (SSSR count). The Morgan fingerprint density at radius 1 is 1.22 bits per heavy atom. The van der Waals surface area contributed by atoms with Crippen molar-refractivity contribution >= 4 is 23.6 Å². The van der Waals surface area contributed by atoms with E-state index in [0.717, 1.165) is 0 Å². The molecule has 1 saturated heterocycles. The van der Waals surface area contributed by atoms with E-state index in [1.165, 1.54) is 28.4 Å². The Kier molecular flexibility index (Phi) is 5.75. The summed E-state index contributed by atoms with van der Waals surface area (Å²) in [6, 6.07) is 15.5. The molecule has 1 aromatic heterocycles. The lowest BCUT2D eigenvalue weighted by Gasteiger charge is -2.26. The van der Waals surface area contributed by atoms with E-state index in [1.807, 2.05) is 6.07 Å². The smallest absolute Gasteiger partial charge is 0.273 e. The number of carbonyl (C=O) groups is 1. The molecule has 1 amide bonds. The molecule has 9 nitrogen and oxygen atoms in total. The summed E-state index contributed by atoms with van der Waals surface area (Å²) < 4.78 is 6.35. The van der Waals surface area contributed by atoms with Crippen LogP contribution in [0.2, 0.25) is 0 Å². The minimum absolute atomic E-state index is 0.0621. The first kappa shape index (κ1) is 21.3. The van der Waals surface area contributed by atoms with Crippen LogP contribution in [0.25, 0.3) is 11.3 Å². The molecule has 1 aliphatic heterocycles. The molecule has 0 spiro atoms. The highest BCUT2D eigenvalue weighted by atomic mass is 32.2. The second kappa shape index (κ2) is 8.64. The molecule has 0 bridgehead atoms. The molecular formula is C22H19N5O4S. The molecule has 2 aromatic carbocycles. The molecule has 1 unspecified atom stereocenters. The number of thioether (sulfide) groups is 1. The fourth-order valence-electron chi connectivity index (χ4n) is 3.34. The van der Waals surface area contributed by atoms with E-state index >= 15 is 0 Å². The summed E-state index contributed by atoms with van der Waals surface area (Å²) in [7, 11) is 3.01. The van der Waals surface area contributed by atoms with Gasteiger partial charge in [-0.05, 0) is 30.3 Å². The van der Waals surface area contributed by atoms with Gasteiger partial charge in [-0.3, -0.25) is 19.6 Å². The maximum Gasteiger partial charge on any atom is 0.273 e. The van der Waals surface area contributed by atoms with Crippen LogP contribution in [0.3, 0.4) is 0 Å². The van der Waals surface area contributed by atoms with Crippen LogP contribution in [-0.4, -0.2) is 38.4 Å². The van der Waals surface area contributed by atoms with Gasteiger partial charge in [-0.25, -0.2) is 9.99 Å². The number of hydrogen-bond donors (Lipinski definition) is 2. The Labute approximate surface area is 187 Å². The summed E-state index contributed by atoms with van der Waals surface area (Å²) in [5, 5.41) is 20.7. The summed E-state index contributed by atoms with van der Waals surface area (Å²) >= 11 is 1.34. The Hall–Kier alpha value is -3.97. The van der Waals surface area contributed by atoms with Crippen LogP contribution in [-0.2, 0) is 11.8 Å². The molecule has 32 heavy (non-hydrogen) atoms. The summed E-state index contributed by atoms with van der Waals surface area (Å²) in [6.07, 6.45) is 0. The Morgan fingerprint density at radius 3 is 2.59 bits per heavy atom. The molecule has 162 valence electrons. The number of rotatable bonds is 5. The lowest BCUT2D eigenvalue weighted by molar-refractivity contribution is -0.126. The van der Waals surface area contributed by atoms with Crippen molar-refractivity contribution in [1.29, 1.82) is 5.26 Å². The van der Waals surface area contributed by atoms with Crippen molar-refractivity contribution in [2.45, 2.75) is 5.37 Å². The maximum atomic E-state index is 12.9. The first-order valence-corrected chi connectivity index (χ1v) is 10.6. The monoisotopic (exact) mass is 449 g/mol. The second-order valence-corrected chi connectivity index (χ2v) is 8.03. The summed E-state index contributed by atoms with van der Waals surface area (Å²) in [5.74, 6) is 0.748. The maximum absolute atomic E-state index is 12.9. The molecule has 0 radical (unpaired) electrons. The number of phenols is 1. The SMILES string of the molecule is COc1ccc(-c2nc(NN3C(=O)CSC3c3ccccc3O)n(C)c(=O)c2C#N)cc1. The fourth-order valence-corrected chi connectivity index (χ4v) is 4.48. The number of nitrogens with zero attached hydrogens (tertiary/aromatic N) is 4. The number of carbonyl (C=O) groups excluding carboxylic acids is 1. The van der Waals surface area contributed by atoms with Crippen molar-refractivity contribution in [3.63, 3.8) is 0 Å². The van der Waals surface area contributed by atoms with Crippen LogP contribution in [0, 0.1) is 11.3 Å². The summed E-state index contributed by atoms with van der Waals surface area (Å²) in [5.41, 5.74) is 3.59. The number of nitriles is 1. The second-order valence-electron chi connectivity index (χ2n) is 6.96. The number of anilines is 1. The molecule has 1 aliphatic rings. The lowest BCUT2D eigenvalue weighted by Crippen LogP contribution is -2.37. The van der Waals surface area contributed by atoms with Gasteiger partial charge in [0, 0.05) is 18.2 Å². The minimum atomic E-state index is -0.547. The van der Waals surface area contributed by atoms with E-state index in [4.69, 9.17) is 4.74 Å². The number of amides is 1. The quantitative estimate of drug-likeness (QED) is 0.610. The molecule has 1 atom stereocenters. The van der Waals surface area contributed by atoms with Gasteiger partial charge >= 0.3 is 0 Å². The van der Waals surface area contributed by atoms with Gasteiger partial charge < -0.3 is 9.84 Å². The Balaban J connectivity index is 1.77. The van der Waals surface area contributed by atoms with Crippen LogP contribution >= 0.6 is 11.8 Å². The lowest BCUT2D eigenvalue weighted by atomic mass is 10.1. The number of nitrogens with one attached hydrogen (secondary N) is 1. The summed E-state index contributed by atoms with van der Waals surface area (Å²) in [6.45, 7) is 0. The van der Waals surface area contributed by atoms with Gasteiger partial charge in [-0.1, -0.05) is 18.2 Å². The first-order chi connectivity index (χ1) is 15.4. The van der Waals surface area contributed by atoms with Gasteiger partial charge in [0.15, 0.2) is 0 Å². The minimum Gasteiger partial charge on any atom is -0.508 e. The molecular weight excluding hydrogens is 430 g/mol. The predicted molar refractivity (Wildman–Crippen MR) is 120 cm³/mol.